The molecule has 5 aromatic rings. The van der Waals surface area contributed by atoms with Crippen molar-refractivity contribution in [3.05, 3.63) is 101 Å². The zero-order chi connectivity index (χ0) is 30.2. The van der Waals surface area contributed by atoms with Gasteiger partial charge in [-0.2, -0.15) is 0 Å². The van der Waals surface area contributed by atoms with Crippen molar-refractivity contribution in [1.29, 1.82) is 0 Å². The lowest BCUT2D eigenvalue weighted by Gasteiger charge is -2.32. The van der Waals surface area contributed by atoms with Gasteiger partial charge >= 0.3 is 0 Å². The molecule has 0 unspecified atom stereocenters. The fraction of sp³-hybridized carbons (Fsp3) is 0.306. The maximum atomic E-state index is 13.5. The standard InChI is InChI=1S/C36H39N5OS/c1-22(2)34-27(26-12-10-15-31(24(26)5)40(6)23(3)4)17-18-33(38-34)41-20-19-25-11-9-13-28(29(25)21-41)35(42)39-36-37-30-14-7-8-16-32(30)43-36/h7-18,22-23H,19-21H2,1-6H3,(H,37,39,42). The van der Waals surface area contributed by atoms with Crippen LogP contribution >= 0.6 is 11.3 Å². The third kappa shape index (κ3) is 5.62. The van der Waals surface area contributed by atoms with Crippen LogP contribution in [0.15, 0.2) is 72.8 Å². The van der Waals surface area contributed by atoms with E-state index in [0.717, 1.165) is 40.3 Å². The second-order valence-electron chi connectivity index (χ2n) is 12.0. The van der Waals surface area contributed by atoms with Gasteiger partial charge in [0, 0.05) is 43.0 Å². The average molecular weight is 590 g/mol. The lowest BCUT2D eigenvalue weighted by molar-refractivity contribution is 0.102. The number of fused-ring (bicyclic) bond motifs is 2. The van der Waals surface area contributed by atoms with Gasteiger partial charge in [0.25, 0.3) is 5.91 Å². The molecule has 3 heterocycles. The Morgan fingerprint density at radius 1 is 0.930 bits per heavy atom. The third-order valence-electron chi connectivity index (χ3n) is 8.56. The lowest BCUT2D eigenvalue weighted by Crippen LogP contribution is -2.33. The highest BCUT2D eigenvalue weighted by Gasteiger charge is 2.25. The van der Waals surface area contributed by atoms with Crippen LogP contribution in [0.4, 0.5) is 16.6 Å². The van der Waals surface area contributed by atoms with E-state index >= 15 is 0 Å². The van der Waals surface area contributed by atoms with Crippen molar-refractivity contribution in [2.24, 2.45) is 0 Å². The van der Waals surface area contributed by atoms with Gasteiger partial charge in [0.05, 0.1) is 15.9 Å². The summed E-state index contributed by atoms with van der Waals surface area (Å²) in [6.45, 7) is 12.6. The fourth-order valence-corrected chi connectivity index (χ4v) is 6.82. The molecule has 6 nitrogen and oxygen atoms in total. The summed E-state index contributed by atoms with van der Waals surface area (Å²) in [5.41, 5.74) is 9.89. The summed E-state index contributed by atoms with van der Waals surface area (Å²) in [7, 11) is 2.16. The third-order valence-corrected chi connectivity index (χ3v) is 9.51. The van der Waals surface area contributed by atoms with Crippen molar-refractivity contribution in [2.75, 3.05) is 28.7 Å². The number of hydrogen-bond donors (Lipinski definition) is 1. The number of thiazole rings is 1. The minimum absolute atomic E-state index is 0.120. The molecule has 0 spiro atoms. The Labute approximate surface area is 258 Å². The summed E-state index contributed by atoms with van der Waals surface area (Å²) in [6, 6.07) is 25.3. The number of hydrogen-bond acceptors (Lipinski definition) is 6. The van der Waals surface area contributed by atoms with Gasteiger partial charge in [-0.1, -0.05) is 61.6 Å². The van der Waals surface area contributed by atoms with Crippen molar-refractivity contribution in [1.82, 2.24) is 9.97 Å². The molecule has 1 amide bonds. The maximum Gasteiger partial charge on any atom is 0.257 e. The molecule has 1 N–H and O–H groups in total. The van der Waals surface area contributed by atoms with E-state index in [1.54, 1.807) is 0 Å². The van der Waals surface area contributed by atoms with Crippen LogP contribution in [0, 0.1) is 6.92 Å². The van der Waals surface area contributed by atoms with Crippen molar-refractivity contribution >= 4 is 44.1 Å². The van der Waals surface area contributed by atoms with Gasteiger partial charge in [0.2, 0.25) is 0 Å². The second-order valence-corrected chi connectivity index (χ2v) is 13.0. The molecule has 0 saturated heterocycles. The summed E-state index contributed by atoms with van der Waals surface area (Å²) in [5, 5.41) is 3.68. The Morgan fingerprint density at radius 2 is 1.72 bits per heavy atom. The van der Waals surface area contributed by atoms with Crippen molar-refractivity contribution in [3.63, 3.8) is 0 Å². The second kappa shape index (κ2) is 11.8. The number of pyridine rings is 1. The van der Waals surface area contributed by atoms with Crippen LogP contribution in [0.2, 0.25) is 0 Å². The van der Waals surface area contributed by atoms with Crippen LogP contribution < -0.4 is 15.1 Å². The first-order chi connectivity index (χ1) is 20.7. The minimum Gasteiger partial charge on any atom is -0.372 e. The van der Waals surface area contributed by atoms with Gasteiger partial charge < -0.3 is 9.80 Å². The predicted molar refractivity (Wildman–Crippen MR) is 181 cm³/mol. The number of benzene rings is 3. The topological polar surface area (TPSA) is 61.4 Å². The molecular weight excluding hydrogens is 550 g/mol. The van der Waals surface area contributed by atoms with Crippen molar-refractivity contribution < 1.29 is 4.79 Å². The molecule has 0 atom stereocenters. The highest BCUT2D eigenvalue weighted by atomic mass is 32.1. The largest absolute Gasteiger partial charge is 0.372 e. The maximum absolute atomic E-state index is 13.5. The molecule has 0 fully saturated rings. The molecule has 3 aromatic carbocycles. The molecule has 1 aliphatic heterocycles. The van der Waals surface area contributed by atoms with E-state index in [0.29, 0.717) is 23.3 Å². The van der Waals surface area contributed by atoms with Crippen LogP contribution in [0.3, 0.4) is 0 Å². The highest BCUT2D eigenvalue weighted by molar-refractivity contribution is 7.22. The minimum atomic E-state index is -0.120. The lowest BCUT2D eigenvalue weighted by atomic mass is 9.92. The Morgan fingerprint density at radius 3 is 2.49 bits per heavy atom. The first-order valence-electron chi connectivity index (χ1n) is 15.1. The predicted octanol–water partition coefficient (Wildman–Crippen LogP) is 8.45. The summed E-state index contributed by atoms with van der Waals surface area (Å²) < 4.78 is 1.06. The number of para-hydroxylation sites is 1. The molecule has 0 radical (unpaired) electrons. The molecule has 0 saturated carbocycles. The van der Waals surface area contributed by atoms with Crippen molar-refractivity contribution in [2.45, 2.75) is 59.5 Å². The molecule has 1 aliphatic rings. The number of amides is 1. The van der Waals surface area contributed by atoms with Crippen LogP contribution in [0.25, 0.3) is 21.3 Å². The summed E-state index contributed by atoms with van der Waals surface area (Å²) in [5.74, 6) is 1.09. The van der Waals surface area contributed by atoms with Crippen LogP contribution in [-0.2, 0) is 13.0 Å². The molecule has 2 aromatic heterocycles. The van der Waals surface area contributed by atoms with E-state index in [1.807, 2.05) is 36.4 Å². The number of carbonyl (C=O) groups excluding carboxylic acids is 1. The quantitative estimate of drug-likeness (QED) is 0.206. The van der Waals surface area contributed by atoms with E-state index in [4.69, 9.17) is 4.98 Å². The molecule has 0 aliphatic carbocycles. The van der Waals surface area contributed by atoms with Crippen LogP contribution in [-0.4, -0.2) is 35.5 Å². The van der Waals surface area contributed by atoms with Gasteiger partial charge in [-0.05, 0) is 91.8 Å². The monoisotopic (exact) mass is 589 g/mol. The summed E-state index contributed by atoms with van der Waals surface area (Å²) >= 11 is 1.50. The van der Waals surface area contributed by atoms with E-state index in [9.17, 15) is 4.79 Å². The number of rotatable bonds is 7. The zero-order valence-corrected chi connectivity index (χ0v) is 26.6. The number of anilines is 3. The molecule has 0 bridgehead atoms. The number of carbonyl (C=O) groups is 1. The normalized spacial score (nSPS) is 13.1. The number of nitrogens with zero attached hydrogens (tertiary/aromatic N) is 4. The fourth-order valence-electron chi connectivity index (χ4n) is 5.96. The zero-order valence-electron chi connectivity index (χ0n) is 25.8. The van der Waals surface area contributed by atoms with Crippen LogP contribution in [0.1, 0.15) is 66.4 Å². The Bertz CT molecular complexity index is 1770. The van der Waals surface area contributed by atoms with Gasteiger partial charge in [-0.25, -0.2) is 9.97 Å². The van der Waals surface area contributed by atoms with Gasteiger partial charge in [0.15, 0.2) is 5.13 Å². The van der Waals surface area contributed by atoms with E-state index in [-0.39, 0.29) is 11.8 Å². The first-order valence-corrected chi connectivity index (χ1v) is 15.9. The molecule has 43 heavy (non-hydrogen) atoms. The smallest absolute Gasteiger partial charge is 0.257 e. The SMILES string of the molecule is Cc1c(-c2ccc(N3CCc4cccc(C(=O)Nc5nc6ccccc6s5)c4C3)nc2C(C)C)cccc1N(C)C(C)C. The number of aromatic nitrogens is 2. The van der Waals surface area contributed by atoms with E-state index in [2.05, 4.69) is 98.2 Å². The summed E-state index contributed by atoms with van der Waals surface area (Å²) in [4.78, 5) is 28.0. The first kappa shape index (κ1) is 28.9. The van der Waals surface area contributed by atoms with Gasteiger partial charge in [-0.3, -0.25) is 10.1 Å². The Balaban J connectivity index is 1.30. The van der Waals surface area contributed by atoms with Crippen molar-refractivity contribution in [3.8, 4) is 11.1 Å². The molecule has 220 valence electrons. The highest BCUT2D eigenvalue weighted by Crippen LogP contribution is 2.37. The number of nitrogens with one attached hydrogen (secondary N) is 1. The average Bonchev–Trinajstić information content (AvgIpc) is 3.42. The van der Waals surface area contributed by atoms with E-state index in [1.165, 1.54) is 39.3 Å². The summed E-state index contributed by atoms with van der Waals surface area (Å²) in [6.07, 6.45) is 0.862. The van der Waals surface area contributed by atoms with Gasteiger partial charge in [0.1, 0.15) is 5.82 Å². The van der Waals surface area contributed by atoms with Gasteiger partial charge in [-0.15, -0.1) is 0 Å². The Kier molecular flexibility index (Phi) is 7.93. The Hall–Kier alpha value is -4.23. The van der Waals surface area contributed by atoms with Crippen LogP contribution in [0.5, 0.6) is 0 Å². The molecular formula is C36H39N5OS. The van der Waals surface area contributed by atoms with E-state index < -0.39 is 0 Å². The molecule has 6 rings (SSSR count). The molecule has 7 heteroatoms.